The Morgan fingerprint density at radius 1 is 1.08 bits per heavy atom. The number of rotatable bonds is 6. The molecule has 3 rings (SSSR count). The first kappa shape index (κ1) is 18.1. The Kier molecular flexibility index (Phi) is 5.06. The summed E-state index contributed by atoms with van der Waals surface area (Å²) in [7, 11) is -2.16. The van der Waals surface area contributed by atoms with E-state index in [0.29, 0.717) is 11.6 Å². The monoisotopic (exact) mass is 373 g/mol. The molecule has 1 heterocycles. The second-order valence-corrected chi connectivity index (χ2v) is 7.59. The van der Waals surface area contributed by atoms with Crippen LogP contribution in [0.5, 0.6) is 5.75 Å². The van der Waals surface area contributed by atoms with Crippen LogP contribution in [0.4, 0.5) is 0 Å². The fourth-order valence-electron chi connectivity index (χ4n) is 2.40. The molecule has 0 saturated heterocycles. The van der Waals surface area contributed by atoms with E-state index >= 15 is 0 Å². The van der Waals surface area contributed by atoms with Gasteiger partial charge in [-0.2, -0.15) is 0 Å². The summed E-state index contributed by atoms with van der Waals surface area (Å²) < 4.78 is 38.0. The summed E-state index contributed by atoms with van der Waals surface area (Å²) >= 11 is 0. The summed E-state index contributed by atoms with van der Waals surface area (Å²) in [6.07, 6.45) is 0. The molecular formula is C18H19N3O4S. The molecule has 3 aromatic rings. The minimum atomic E-state index is -3.70. The van der Waals surface area contributed by atoms with Gasteiger partial charge < -0.3 is 9.15 Å². The number of hydrogen-bond acceptors (Lipinski definition) is 6. The van der Waals surface area contributed by atoms with Crippen LogP contribution in [0.3, 0.4) is 0 Å². The summed E-state index contributed by atoms with van der Waals surface area (Å²) in [5.74, 6) is 1.16. The highest BCUT2D eigenvalue weighted by Gasteiger charge is 2.17. The van der Waals surface area contributed by atoms with Gasteiger partial charge in [0.05, 0.1) is 18.6 Å². The first-order valence-corrected chi connectivity index (χ1v) is 9.41. The van der Waals surface area contributed by atoms with Gasteiger partial charge in [0, 0.05) is 5.56 Å². The maximum atomic E-state index is 12.4. The van der Waals surface area contributed by atoms with Crippen molar-refractivity contribution in [2.24, 2.45) is 0 Å². The maximum absolute atomic E-state index is 12.4. The Morgan fingerprint density at radius 3 is 2.46 bits per heavy atom. The number of sulfonamides is 1. The van der Waals surface area contributed by atoms with Crippen LogP contribution in [0, 0.1) is 13.8 Å². The lowest BCUT2D eigenvalue weighted by atomic mass is 10.1. The zero-order chi connectivity index (χ0) is 18.7. The van der Waals surface area contributed by atoms with Gasteiger partial charge >= 0.3 is 0 Å². The fraction of sp³-hybridized carbons (Fsp3) is 0.222. The van der Waals surface area contributed by atoms with Crippen LogP contribution in [0.2, 0.25) is 0 Å². The molecule has 7 nitrogen and oxygen atoms in total. The molecule has 0 amide bonds. The van der Waals surface area contributed by atoms with Crippen LogP contribution in [-0.4, -0.2) is 25.7 Å². The number of methoxy groups -OCH3 is 1. The molecule has 0 unspecified atom stereocenters. The molecule has 0 bridgehead atoms. The van der Waals surface area contributed by atoms with Gasteiger partial charge in [-0.15, -0.1) is 10.2 Å². The Labute approximate surface area is 152 Å². The minimum absolute atomic E-state index is 0.0910. The van der Waals surface area contributed by atoms with Crippen molar-refractivity contribution in [2.75, 3.05) is 7.11 Å². The molecule has 0 spiro atoms. The quantitative estimate of drug-likeness (QED) is 0.714. The Hall–Kier alpha value is -2.71. The van der Waals surface area contributed by atoms with Crippen LogP contribution < -0.4 is 9.46 Å². The van der Waals surface area contributed by atoms with Crippen molar-refractivity contribution in [2.45, 2.75) is 25.3 Å². The van der Waals surface area contributed by atoms with Crippen LogP contribution >= 0.6 is 0 Å². The third-order valence-corrected chi connectivity index (χ3v) is 5.25. The normalized spacial score (nSPS) is 11.5. The van der Waals surface area contributed by atoms with E-state index in [4.69, 9.17) is 9.15 Å². The Balaban J connectivity index is 1.72. The van der Waals surface area contributed by atoms with Crippen molar-refractivity contribution >= 4 is 10.0 Å². The van der Waals surface area contributed by atoms with Gasteiger partial charge in [0.25, 0.3) is 0 Å². The van der Waals surface area contributed by atoms with Gasteiger partial charge in [0.2, 0.25) is 21.8 Å². The highest BCUT2D eigenvalue weighted by atomic mass is 32.2. The first-order chi connectivity index (χ1) is 12.4. The zero-order valence-electron chi connectivity index (χ0n) is 14.7. The summed E-state index contributed by atoms with van der Waals surface area (Å²) in [6.45, 7) is 3.68. The van der Waals surface area contributed by atoms with E-state index in [0.717, 1.165) is 16.7 Å². The molecule has 1 aromatic heterocycles. The number of aromatic nitrogens is 2. The van der Waals surface area contributed by atoms with E-state index in [-0.39, 0.29) is 17.3 Å². The Morgan fingerprint density at radius 2 is 1.81 bits per heavy atom. The SMILES string of the molecule is COc1ccc(S(=O)(=O)NCc2nnc(-c3ccc(C)cc3)o2)cc1C. The molecule has 26 heavy (non-hydrogen) atoms. The molecule has 8 heteroatoms. The Bertz CT molecular complexity index is 1010. The number of nitrogens with one attached hydrogen (secondary N) is 1. The van der Waals surface area contributed by atoms with Crippen LogP contribution in [0.15, 0.2) is 51.8 Å². The van der Waals surface area contributed by atoms with Crippen molar-refractivity contribution in [3.8, 4) is 17.2 Å². The average molecular weight is 373 g/mol. The molecule has 136 valence electrons. The molecule has 0 fully saturated rings. The number of nitrogens with zero attached hydrogens (tertiary/aromatic N) is 2. The van der Waals surface area contributed by atoms with Gasteiger partial charge in [-0.1, -0.05) is 17.7 Å². The van der Waals surface area contributed by atoms with Gasteiger partial charge in [-0.05, 0) is 49.7 Å². The molecule has 0 aliphatic carbocycles. The number of benzene rings is 2. The highest BCUT2D eigenvalue weighted by molar-refractivity contribution is 7.89. The second-order valence-electron chi connectivity index (χ2n) is 5.82. The van der Waals surface area contributed by atoms with Gasteiger partial charge in [-0.3, -0.25) is 0 Å². The summed E-state index contributed by atoms with van der Waals surface area (Å²) in [4.78, 5) is 0.147. The molecule has 0 saturated carbocycles. The molecule has 0 atom stereocenters. The lowest BCUT2D eigenvalue weighted by molar-refractivity contribution is 0.411. The fourth-order valence-corrected chi connectivity index (χ4v) is 3.46. The van der Waals surface area contributed by atoms with E-state index in [2.05, 4.69) is 14.9 Å². The van der Waals surface area contributed by atoms with E-state index in [1.165, 1.54) is 13.2 Å². The van der Waals surface area contributed by atoms with Crippen LogP contribution in [0.25, 0.3) is 11.5 Å². The summed E-state index contributed by atoms with van der Waals surface area (Å²) in [6, 6.07) is 12.3. The number of hydrogen-bond donors (Lipinski definition) is 1. The van der Waals surface area contributed by atoms with Gasteiger partial charge in [0.15, 0.2) is 0 Å². The number of aryl methyl sites for hydroxylation is 2. The van der Waals surface area contributed by atoms with Crippen molar-refractivity contribution in [1.29, 1.82) is 0 Å². The van der Waals surface area contributed by atoms with Crippen molar-refractivity contribution in [1.82, 2.24) is 14.9 Å². The van der Waals surface area contributed by atoms with Crippen molar-refractivity contribution in [3.63, 3.8) is 0 Å². The van der Waals surface area contributed by atoms with Crippen molar-refractivity contribution < 1.29 is 17.6 Å². The predicted molar refractivity (Wildman–Crippen MR) is 96.2 cm³/mol. The third kappa shape index (κ3) is 3.92. The largest absolute Gasteiger partial charge is 0.496 e. The molecule has 2 aromatic carbocycles. The standard InChI is InChI=1S/C18H19N3O4S/c1-12-4-6-14(7-5-12)18-21-20-17(25-18)11-19-26(22,23)15-8-9-16(24-3)13(2)10-15/h4-10,19H,11H2,1-3H3. The molecule has 0 aliphatic heterocycles. The maximum Gasteiger partial charge on any atom is 0.247 e. The third-order valence-electron chi connectivity index (χ3n) is 3.86. The molecule has 0 radical (unpaired) electrons. The highest BCUT2D eigenvalue weighted by Crippen LogP contribution is 2.22. The molecular weight excluding hydrogens is 354 g/mol. The van der Waals surface area contributed by atoms with E-state index in [1.807, 2.05) is 31.2 Å². The first-order valence-electron chi connectivity index (χ1n) is 7.93. The average Bonchev–Trinajstić information content (AvgIpc) is 3.10. The van der Waals surface area contributed by atoms with Gasteiger partial charge in [0.1, 0.15) is 5.75 Å². The summed E-state index contributed by atoms with van der Waals surface area (Å²) in [5.41, 5.74) is 2.63. The minimum Gasteiger partial charge on any atom is -0.496 e. The second kappa shape index (κ2) is 7.27. The van der Waals surface area contributed by atoms with Crippen molar-refractivity contribution in [3.05, 3.63) is 59.5 Å². The summed E-state index contributed by atoms with van der Waals surface area (Å²) in [5, 5.41) is 7.85. The van der Waals surface area contributed by atoms with Crippen LogP contribution in [-0.2, 0) is 16.6 Å². The lowest BCUT2D eigenvalue weighted by Gasteiger charge is -2.08. The smallest absolute Gasteiger partial charge is 0.247 e. The predicted octanol–water partition coefficient (Wildman–Crippen LogP) is 2.84. The van der Waals surface area contributed by atoms with Crippen LogP contribution in [0.1, 0.15) is 17.0 Å². The van der Waals surface area contributed by atoms with Gasteiger partial charge in [-0.25, -0.2) is 13.1 Å². The number of ether oxygens (including phenoxy) is 1. The van der Waals surface area contributed by atoms with E-state index in [1.54, 1.807) is 19.1 Å². The zero-order valence-corrected chi connectivity index (χ0v) is 15.5. The van der Waals surface area contributed by atoms with E-state index in [9.17, 15) is 8.42 Å². The molecule has 1 N–H and O–H groups in total. The lowest BCUT2D eigenvalue weighted by Crippen LogP contribution is -2.23. The van der Waals surface area contributed by atoms with E-state index < -0.39 is 10.0 Å². The molecule has 0 aliphatic rings. The topological polar surface area (TPSA) is 94.3 Å².